The Morgan fingerprint density at radius 3 is 2.85 bits per heavy atom. The Bertz CT molecular complexity index is 529. The maximum absolute atomic E-state index is 11.8. The average molecular weight is 298 g/mol. The molecule has 6 nitrogen and oxygen atoms in total. The third kappa shape index (κ3) is 5.94. The second-order valence-corrected chi connectivity index (χ2v) is 7.10. The summed E-state index contributed by atoms with van der Waals surface area (Å²) in [5.74, 6) is 0.816. The molecule has 1 heterocycles. The molecule has 0 spiro atoms. The van der Waals surface area contributed by atoms with Crippen LogP contribution in [-0.4, -0.2) is 36.7 Å². The lowest BCUT2D eigenvalue weighted by Crippen LogP contribution is -2.27. The van der Waals surface area contributed by atoms with Crippen molar-refractivity contribution in [1.82, 2.24) is 20.0 Å². The van der Waals surface area contributed by atoms with Crippen molar-refractivity contribution in [3.8, 4) is 0 Å². The van der Waals surface area contributed by atoms with Gasteiger partial charge in [-0.1, -0.05) is 0 Å². The number of rotatable bonds is 9. The molecule has 20 heavy (non-hydrogen) atoms. The van der Waals surface area contributed by atoms with Crippen LogP contribution in [0.25, 0.3) is 0 Å². The third-order valence-corrected chi connectivity index (χ3v) is 4.57. The standard InChI is InChI=1S/C13H22N4O2S/c1-11-14-8-6-13(17-11)10-16-20(18,19)9-3-2-7-15-12-4-5-12/h6,8,12,15-16H,2-5,7,9-10H2,1H3. The van der Waals surface area contributed by atoms with E-state index in [-0.39, 0.29) is 12.3 Å². The van der Waals surface area contributed by atoms with Gasteiger partial charge in [-0.05, 0) is 45.2 Å². The van der Waals surface area contributed by atoms with Gasteiger partial charge in [-0.25, -0.2) is 23.1 Å². The van der Waals surface area contributed by atoms with Crippen LogP contribution in [0.5, 0.6) is 0 Å². The molecular weight excluding hydrogens is 276 g/mol. The number of aromatic nitrogens is 2. The lowest BCUT2D eigenvalue weighted by Gasteiger charge is -2.07. The van der Waals surface area contributed by atoms with Crippen molar-refractivity contribution >= 4 is 10.0 Å². The Morgan fingerprint density at radius 1 is 1.35 bits per heavy atom. The van der Waals surface area contributed by atoms with Gasteiger partial charge in [-0.15, -0.1) is 0 Å². The molecule has 1 aliphatic carbocycles. The van der Waals surface area contributed by atoms with Gasteiger partial charge in [-0.2, -0.15) is 0 Å². The highest BCUT2D eigenvalue weighted by atomic mass is 32.2. The van der Waals surface area contributed by atoms with E-state index in [2.05, 4.69) is 20.0 Å². The normalized spacial score (nSPS) is 15.4. The van der Waals surface area contributed by atoms with Crippen molar-refractivity contribution in [3.63, 3.8) is 0 Å². The highest BCUT2D eigenvalue weighted by Gasteiger charge is 2.19. The maximum atomic E-state index is 11.8. The minimum Gasteiger partial charge on any atom is -0.314 e. The third-order valence-electron chi connectivity index (χ3n) is 3.16. The molecule has 2 rings (SSSR count). The maximum Gasteiger partial charge on any atom is 0.211 e. The molecule has 0 aliphatic heterocycles. The number of hydrogen-bond acceptors (Lipinski definition) is 5. The zero-order valence-electron chi connectivity index (χ0n) is 11.8. The minimum atomic E-state index is -3.22. The molecule has 0 unspecified atom stereocenters. The zero-order chi connectivity index (χ0) is 14.4. The summed E-state index contributed by atoms with van der Waals surface area (Å²) in [4.78, 5) is 8.14. The van der Waals surface area contributed by atoms with Gasteiger partial charge in [-0.3, -0.25) is 0 Å². The van der Waals surface area contributed by atoms with Crippen LogP contribution in [0.15, 0.2) is 12.3 Å². The van der Waals surface area contributed by atoms with Crippen molar-refractivity contribution in [2.24, 2.45) is 0 Å². The largest absolute Gasteiger partial charge is 0.314 e. The molecule has 2 N–H and O–H groups in total. The molecule has 1 aliphatic rings. The molecule has 1 fully saturated rings. The first-order valence-corrected chi connectivity index (χ1v) is 8.70. The van der Waals surface area contributed by atoms with Gasteiger partial charge >= 0.3 is 0 Å². The topological polar surface area (TPSA) is 84.0 Å². The molecule has 0 amide bonds. The zero-order valence-corrected chi connectivity index (χ0v) is 12.6. The van der Waals surface area contributed by atoms with Crippen molar-refractivity contribution in [3.05, 3.63) is 23.8 Å². The highest BCUT2D eigenvalue weighted by molar-refractivity contribution is 7.89. The predicted molar refractivity (Wildman–Crippen MR) is 77.7 cm³/mol. The number of aryl methyl sites for hydroxylation is 1. The number of hydrogen-bond donors (Lipinski definition) is 2. The van der Waals surface area contributed by atoms with E-state index in [1.54, 1.807) is 19.2 Å². The first kappa shape index (κ1) is 15.3. The van der Waals surface area contributed by atoms with E-state index in [1.165, 1.54) is 12.8 Å². The van der Waals surface area contributed by atoms with Crippen molar-refractivity contribution < 1.29 is 8.42 Å². The Hall–Kier alpha value is -1.05. The van der Waals surface area contributed by atoms with Crippen molar-refractivity contribution in [1.29, 1.82) is 0 Å². The summed E-state index contributed by atoms with van der Waals surface area (Å²) in [6.45, 7) is 2.92. The van der Waals surface area contributed by atoms with Gasteiger partial charge in [0, 0.05) is 12.2 Å². The van der Waals surface area contributed by atoms with Crippen LogP contribution in [0.1, 0.15) is 37.2 Å². The predicted octanol–water partition coefficient (Wildman–Crippen LogP) is 0.737. The second-order valence-electron chi connectivity index (χ2n) is 5.17. The van der Waals surface area contributed by atoms with Crippen molar-refractivity contribution in [2.75, 3.05) is 12.3 Å². The Morgan fingerprint density at radius 2 is 2.15 bits per heavy atom. The van der Waals surface area contributed by atoms with Crippen LogP contribution >= 0.6 is 0 Å². The summed E-state index contributed by atoms with van der Waals surface area (Å²) in [6.07, 6.45) is 5.73. The highest BCUT2D eigenvalue weighted by Crippen LogP contribution is 2.18. The molecular formula is C13H22N4O2S. The summed E-state index contributed by atoms with van der Waals surface area (Å²) in [7, 11) is -3.22. The van der Waals surface area contributed by atoms with E-state index < -0.39 is 10.0 Å². The van der Waals surface area contributed by atoms with Gasteiger partial charge in [0.2, 0.25) is 10.0 Å². The number of sulfonamides is 1. The number of nitrogens with zero attached hydrogens (tertiary/aromatic N) is 2. The SMILES string of the molecule is Cc1nccc(CNS(=O)(=O)CCCCNC2CC2)n1. The summed E-state index contributed by atoms with van der Waals surface area (Å²) >= 11 is 0. The first-order valence-electron chi connectivity index (χ1n) is 7.04. The molecule has 0 bridgehead atoms. The molecule has 1 aromatic rings. The molecule has 0 radical (unpaired) electrons. The van der Waals surface area contributed by atoms with E-state index in [1.807, 2.05) is 0 Å². The monoisotopic (exact) mass is 298 g/mol. The summed E-state index contributed by atoms with van der Waals surface area (Å²) < 4.78 is 26.2. The smallest absolute Gasteiger partial charge is 0.211 e. The van der Waals surface area contributed by atoms with Gasteiger partial charge in [0.15, 0.2) is 0 Å². The Kier molecular flexibility index (Phi) is 5.45. The molecule has 112 valence electrons. The van der Waals surface area contributed by atoms with Gasteiger partial charge in [0.25, 0.3) is 0 Å². The van der Waals surface area contributed by atoms with Gasteiger partial charge in [0.05, 0.1) is 18.0 Å². The quantitative estimate of drug-likeness (QED) is 0.657. The van der Waals surface area contributed by atoms with Crippen LogP contribution in [0, 0.1) is 6.92 Å². The fourth-order valence-corrected chi connectivity index (χ4v) is 2.97. The van der Waals surface area contributed by atoms with Crippen molar-refractivity contribution in [2.45, 2.75) is 45.2 Å². The van der Waals surface area contributed by atoms with E-state index in [0.717, 1.165) is 13.0 Å². The summed E-state index contributed by atoms with van der Waals surface area (Å²) in [5, 5.41) is 3.37. The minimum absolute atomic E-state index is 0.170. The van der Waals surface area contributed by atoms with Crippen LogP contribution in [0.3, 0.4) is 0 Å². The lowest BCUT2D eigenvalue weighted by molar-refractivity contribution is 0.571. The number of unbranched alkanes of at least 4 members (excludes halogenated alkanes) is 1. The van der Waals surface area contributed by atoms with Gasteiger partial charge in [0.1, 0.15) is 5.82 Å². The molecule has 1 aromatic heterocycles. The fraction of sp³-hybridized carbons (Fsp3) is 0.692. The number of nitrogens with one attached hydrogen (secondary N) is 2. The molecule has 7 heteroatoms. The second kappa shape index (κ2) is 7.10. The Labute approximate surface area is 120 Å². The van der Waals surface area contributed by atoms with Crippen LogP contribution in [-0.2, 0) is 16.6 Å². The average Bonchev–Trinajstić information content (AvgIpc) is 3.20. The summed E-state index contributed by atoms with van der Waals surface area (Å²) in [5.41, 5.74) is 0.691. The Balaban J connectivity index is 1.64. The lowest BCUT2D eigenvalue weighted by atomic mass is 10.3. The van der Waals surface area contributed by atoms with Crippen LogP contribution in [0.2, 0.25) is 0 Å². The van der Waals surface area contributed by atoms with Gasteiger partial charge < -0.3 is 5.32 Å². The molecule has 1 saturated carbocycles. The van der Waals surface area contributed by atoms with E-state index >= 15 is 0 Å². The van der Waals surface area contributed by atoms with Crippen LogP contribution < -0.4 is 10.0 Å². The first-order chi connectivity index (χ1) is 9.55. The molecule has 0 saturated heterocycles. The van der Waals surface area contributed by atoms with E-state index in [9.17, 15) is 8.42 Å². The molecule has 0 atom stereocenters. The van der Waals surface area contributed by atoms with Crippen LogP contribution in [0.4, 0.5) is 0 Å². The van der Waals surface area contributed by atoms with E-state index in [4.69, 9.17) is 0 Å². The fourth-order valence-electron chi connectivity index (χ4n) is 1.87. The molecule has 0 aromatic carbocycles. The summed E-state index contributed by atoms with van der Waals surface area (Å²) in [6, 6.07) is 2.40. The van der Waals surface area contributed by atoms with E-state index in [0.29, 0.717) is 24.0 Å².